The van der Waals surface area contributed by atoms with Gasteiger partial charge in [0.05, 0.1) is 19.9 Å². The Labute approximate surface area is 101 Å². The van der Waals surface area contributed by atoms with Crippen LogP contribution in [0.5, 0.6) is 11.5 Å². The molecule has 2 rings (SSSR count). The summed E-state index contributed by atoms with van der Waals surface area (Å²) in [5, 5.41) is 0. The van der Waals surface area contributed by atoms with E-state index in [9.17, 15) is 0 Å². The van der Waals surface area contributed by atoms with Crippen molar-refractivity contribution in [2.45, 2.75) is 0 Å². The third-order valence-electron chi connectivity index (χ3n) is 2.62. The molecular formula is C14H15NO2. The lowest BCUT2D eigenvalue weighted by molar-refractivity contribution is 0.406. The van der Waals surface area contributed by atoms with Crippen LogP contribution in [0.15, 0.2) is 42.5 Å². The minimum atomic E-state index is 0.575. The zero-order chi connectivity index (χ0) is 12.3. The first-order valence-electron chi connectivity index (χ1n) is 5.33. The van der Waals surface area contributed by atoms with Crippen LogP contribution in [0.2, 0.25) is 0 Å². The normalized spacial score (nSPS) is 10.0. The average molecular weight is 229 g/mol. The van der Waals surface area contributed by atoms with Gasteiger partial charge in [0, 0.05) is 11.6 Å². The Morgan fingerprint density at radius 1 is 0.941 bits per heavy atom. The van der Waals surface area contributed by atoms with E-state index >= 15 is 0 Å². The van der Waals surface area contributed by atoms with Gasteiger partial charge in [-0.3, -0.25) is 0 Å². The predicted octanol–water partition coefficient (Wildman–Crippen LogP) is 2.95. The van der Waals surface area contributed by atoms with Gasteiger partial charge in [0.25, 0.3) is 0 Å². The van der Waals surface area contributed by atoms with Crippen molar-refractivity contribution in [3.05, 3.63) is 42.5 Å². The van der Waals surface area contributed by atoms with Crippen LogP contribution in [0.4, 0.5) is 5.69 Å². The summed E-state index contributed by atoms with van der Waals surface area (Å²) in [5.74, 6) is 1.40. The Morgan fingerprint density at radius 3 is 2.24 bits per heavy atom. The Balaban J connectivity index is 2.62. The highest BCUT2D eigenvalue weighted by Crippen LogP contribution is 2.38. The van der Waals surface area contributed by atoms with E-state index in [4.69, 9.17) is 15.2 Å². The Morgan fingerprint density at radius 2 is 1.65 bits per heavy atom. The summed E-state index contributed by atoms with van der Waals surface area (Å²) in [6.07, 6.45) is 0. The summed E-state index contributed by atoms with van der Waals surface area (Å²) in [6.45, 7) is 0. The first-order valence-corrected chi connectivity index (χ1v) is 5.33. The minimum Gasteiger partial charge on any atom is -0.497 e. The summed E-state index contributed by atoms with van der Waals surface area (Å²) in [5.41, 5.74) is 8.50. The summed E-state index contributed by atoms with van der Waals surface area (Å²) in [4.78, 5) is 0. The molecule has 0 amide bonds. The fraction of sp³-hybridized carbons (Fsp3) is 0.143. The topological polar surface area (TPSA) is 44.5 Å². The summed E-state index contributed by atoms with van der Waals surface area (Å²) >= 11 is 0. The van der Waals surface area contributed by atoms with E-state index in [2.05, 4.69) is 0 Å². The highest BCUT2D eigenvalue weighted by molar-refractivity contribution is 5.79. The van der Waals surface area contributed by atoms with Crippen LogP contribution in [0.1, 0.15) is 0 Å². The lowest BCUT2D eigenvalue weighted by Gasteiger charge is -2.13. The third kappa shape index (κ3) is 2.18. The molecule has 0 aliphatic heterocycles. The van der Waals surface area contributed by atoms with Crippen LogP contribution < -0.4 is 15.2 Å². The predicted molar refractivity (Wildman–Crippen MR) is 69.4 cm³/mol. The van der Waals surface area contributed by atoms with Crippen LogP contribution >= 0.6 is 0 Å². The maximum Gasteiger partial charge on any atom is 0.149 e. The van der Waals surface area contributed by atoms with E-state index in [0.717, 1.165) is 16.9 Å². The molecular weight excluding hydrogens is 214 g/mol. The number of nitrogen functional groups attached to an aromatic ring is 1. The smallest absolute Gasteiger partial charge is 0.149 e. The quantitative estimate of drug-likeness (QED) is 0.823. The second kappa shape index (κ2) is 4.78. The molecule has 88 valence electrons. The number of hydrogen-bond donors (Lipinski definition) is 1. The molecule has 3 nitrogen and oxygen atoms in total. The highest BCUT2D eigenvalue weighted by atomic mass is 16.5. The van der Waals surface area contributed by atoms with Crippen LogP contribution in [-0.4, -0.2) is 14.2 Å². The largest absolute Gasteiger partial charge is 0.497 e. The van der Waals surface area contributed by atoms with Crippen molar-refractivity contribution in [2.75, 3.05) is 20.0 Å². The average Bonchev–Trinajstić information content (AvgIpc) is 2.38. The third-order valence-corrected chi connectivity index (χ3v) is 2.62. The van der Waals surface area contributed by atoms with E-state index in [0.29, 0.717) is 11.4 Å². The van der Waals surface area contributed by atoms with E-state index in [1.54, 1.807) is 20.3 Å². The Bertz CT molecular complexity index is 509. The van der Waals surface area contributed by atoms with Gasteiger partial charge in [-0.15, -0.1) is 0 Å². The molecule has 2 N–H and O–H groups in total. The number of methoxy groups -OCH3 is 2. The molecule has 0 bridgehead atoms. The van der Waals surface area contributed by atoms with Gasteiger partial charge in [-0.1, -0.05) is 30.3 Å². The maximum absolute atomic E-state index is 5.94. The Kier molecular flexibility index (Phi) is 3.19. The van der Waals surface area contributed by atoms with Gasteiger partial charge in [0.15, 0.2) is 0 Å². The van der Waals surface area contributed by atoms with Crippen molar-refractivity contribution in [3.63, 3.8) is 0 Å². The van der Waals surface area contributed by atoms with Crippen molar-refractivity contribution in [1.29, 1.82) is 0 Å². The molecule has 0 aromatic heterocycles. The van der Waals surface area contributed by atoms with E-state index < -0.39 is 0 Å². The molecule has 0 unspecified atom stereocenters. The fourth-order valence-corrected chi connectivity index (χ4v) is 1.80. The number of rotatable bonds is 3. The van der Waals surface area contributed by atoms with Crippen molar-refractivity contribution < 1.29 is 9.47 Å². The van der Waals surface area contributed by atoms with Crippen LogP contribution in [0, 0.1) is 0 Å². The molecule has 0 saturated carbocycles. The number of benzene rings is 2. The van der Waals surface area contributed by atoms with Crippen molar-refractivity contribution in [3.8, 4) is 22.6 Å². The molecule has 3 heteroatoms. The number of ether oxygens (including phenoxy) is 2. The SMILES string of the molecule is COc1cc(N)c(OC)c(-c2ccccc2)c1. The maximum atomic E-state index is 5.94. The summed E-state index contributed by atoms with van der Waals surface area (Å²) in [7, 11) is 3.24. The first kappa shape index (κ1) is 11.3. The van der Waals surface area contributed by atoms with Gasteiger partial charge in [0.1, 0.15) is 11.5 Å². The summed E-state index contributed by atoms with van der Waals surface area (Å²) in [6, 6.07) is 13.6. The number of nitrogens with two attached hydrogens (primary N) is 1. The zero-order valence-electron chi connectivity index (χ0n) is 9.94. The zero-order valence-corrected chi connectivity index (χ0v) is 9.94. The Hall–Kier alpha value is -2.16. The standard InChI is InChI=1S/C14H15NO2/c1-16-11-8-12(10-6-4-3-5-7-10)14(17-2)13(15)9-11/h3-9H,15H2,1-2H3. The van der Waals surface area contributed by atoms with E-state index in [1.165, 1.54) is 0 Å². The number of anilines is 1. The van der Waals surface area contributed by atoms with Gasteiger partial charge in [0.2, 0.25) is 0 Å². The molecule has 0 aliphatic rings. The summed E-state index contributed by atoms with van der Waals surface area (Å²) < 4.78 is 10.6. The van der Waals surface area contributed by atoms with Gasteiger partial charge in [-0.2, -0.15) is 0 Å². The van der Waals surface area contributed by atoms with E-state index in [-0.39, 0.29) is 0 Å². The molecule has 0 saturated heterocycles. The molecule has 0 aliphatic carbocycles. The van der Waals surface area contributed by atoms with Crippen molar-refractivity contribution in [2.24, 2.45) is 0 Å². The second-order valence-corrected chi connectivity index (χ2v) is 3.66. The van der Waals surface area contributed by atoms with Crippen molar-refractivity contribution in [1.82, 2.24) is 0 Å². The van der Waals surface area contributed by atoms with E-state index in [1.807, 2.05) is 36.4 Å². The van der Waals surface area contributed by atoms with Gasteiger partial charge in [-0.05, 0) is 11.6 Å². The van der Waals surface area contributed by atoms with Gasteiger partial charge in [-0.25, -0.2) is 0 Å². The fourth-order valence-electron chi connectivity index (χ4n) is 1.80. The minimum absolute atomic E-state index is 0.575. The molecule has 17 heavy (non-hydrogen) atoms. The molecule has 0 atom stereocenters. The van der Waals surface area contributed by atoms with Crippen molar-refractivity contribution >= 4 is 5.69 Å². The van der Waals surface area contributed by atoms with Crippen LogP contribution in [0.25, 0.3) is 11.1 Å². The van der Waals surface area contributed by atoms with Crippen LogP contribution in [0.3, 0.4) is 0 Å². The molecule has 0 radical (unpaired) electrons. The molecule has 2 aromatic rings. The molecule has 2 aromatic carbocycles. The molecule has 0 heterocycles. The molecule has 0 fully saturated rings. The highest BCUT2D eigenvalue weighted by Gasteiger charge is 2.11. The molecule has 0 spiro atoms. The lowest BCUT2D eigenvalue weighted by atomic mass is 10.0. The van der Waals surface area contributed by atoms with Gasteiger partial charge < -0.3 is 15.2 Å². The lowest BCUT2D eigenvalue weighted by Crippen LogP contribution is -1.96. The van der Waals surface area contributed by atoms with Gasteiger partial charge >= 0.3 is 0 Å². The monoisotopic (exact) mass is 229 g/mol. The van der Waals surface area contributed by atoms with Crippen LogP contribution in [-0.2, 0) is 0 Å². The number of hydrogen-bond acceptors (Lipinski definition) is 3. The first-order chi connectivity index (χ1) is 8.26. The second-order valence-electron chi connectivity index (χ2n) is 3.66.